The number of aromatic amines is 1. The zero-order valence-electron chi connectivity index (χ0n) is 18.9. The van der Waals surface area contributed by atoms with Crippen molar-refractivity contribution in [1.82, 2.24) is 20.4 Å². The number of carbonyl (C=O) groups excluding carboxylic acids is 1. The Bertz CT molecular complexity index is 764. The van der Waals surface area contributed by atoms with Gasteiger partial charge in [0.25, 0.3) is 0 Å². The highest BCUT2D eigenvalue weighted by Gasteiger charge is 2.59. The number of hydrogen-bond acceptors (Lipinski definition) is 4. The zero-order chi connectivity index (χ0) is 20.9. The lowest BCUT2D eigenvalue weighted by Gasteiger charge is -2.62. The molecule has 5 aliphatic rings. The van der Waals surface area contributed by atoms with Gasteiger partial charge in [-0.25, -0.2) is 0 Å². The Kier molecular flexibility index (Phi) is 5.21. The van der Waals surface area contributed by atoms with E-state index in [2.05, 4.69) is 41.2 Å². The maximum Gasteiger partial charge on any atom is 0.220 e. The molecule has 0 unspecified atom stereocenters. The SMILES string of the molecule is Cc1n[nH]c(C)c1C12C[C@H]3C[C@@H](CC(CC(=O)NC[C@H](C)N4CCOCC4)(C3)C1)C2. The van der Waals surface area contributed by atoms with Gasteiger partial charge in [-0.15, -0.1) is 0 Å². The number of nitrogens with one attached hydrogen (secondary N) is 2. The van der Waals surface area contributed by atoms with E-state index in [0.29, 0.717) is 12.5 Å². The lowest BCUT2D eigenvalue weighted by Crippen LogP contribution is -2.55. The number of H-pyrrole nitrogens is 1. The number of rotatable bonds is 6. The summed E-state index contributed by atoms with van der Waals surface area (Å²) < 4.78 is 5.46. The molecule has 3 atom stereocenters. The van der Waals surface area contributed by atoms with Gasteiger partial charge in [-0.1, -0.05) is 0 Å². The van der Waals surface area contributed by atoms with Crippen molar-refractivity contribution in [2.75, 3.05) is 32.8 Å². The number of hydrogen-bond donors (Lipinski definition) is 2. The fourth-order valence-electron chi connectivity index (χ4n) is 8.10. The van der Waals surface area contributed by atoms with Gasteiger partial charge in [0.05, 0.1) is 18.9 Å². The third kappa shape index (κ3) is 3.60. The third-order valence-electron chi connectivity index (χ3n) is 8.64. The molecule has 2 heterocycles. The van der Waals surface area contributed by atoms with Gasteiger partial charge in [-0.3, -0.25) is 14.8 Å². The maximum atomic E-state index is 13.1. The van der Waals surface area contributed by atoms with E-state index in [0.717, 1.165) is 44.7 Å². The summed E-state index contributed by atoms with van der Waals surface area (Å²) in [6.07, 6.45) is 8.31. The molecule has 1 aromatic rings. The van der Waals surface area contributed by atoms with Gasteiger partial charge in [0, 0.05) is 48.8 Å². The number of nitrogens with zero attached hydrogens (tertiary/aromatic N) is 2. The van der Waals surface area contributed by atoms with Crippen LogP contribution in [0.3, 0.4) is 0 Å². The Morgan fingerprint density at radius 1 is 1.23 bits per heavy atom. The molecule has 2 N–H and O–H groups in total. The van der Waals surface area contributed by atoms with Crippen LogP contribution in [-0.2, 0) is 14.9 Å². The summed E-state index contributed by atoms with van der Waals surface area (Å²) in [4.78, 5) is 15.5. The van der Waals surface area contributed by atoms with Crippen molar-refractivity contribution < 1.29 is 9.53 Å². The van der Waals surface area contributed by atoms with E-state index in [1.54, 1.807) is 0 Å². The molecule has 6 heteroatoms. The molecule has 4 saturated carbocycles. The van der Waals surface area contributed by atoms with Crippen LogP contribution in [0.1, 0.15) is 68.8 Å². The number of aromatic nitrogens is 2. The summed E-state index contributed by atoms with van der Waals surface area (Å²) in [5, 5.41) is 11.1. The summed E-state index contributed by atoms with van der Waals surface area (Å²) >= 11 is 0. The van der Waals surface area contributed by atoms with Crippen LogP contribution in [0.15, 0.2) is 0 Å². The number of morpholine rings is 1. The molecule has 1 aliphatic heterocycles. The van der Waals surface area contributed by atoms with E-state index in [1.165, 1.54) is 55.5 Å². The van der Waals surface area contributed by atoms with Crippen molar-refractivity contribution >= 4 is 5.91 Å². The number of ether oxygens (including phenoxy) is 1. The van der Waals surface area contributed by atoms with E-state index < -0.39 is 0 Å². The Labute approximate surface area is 180 Å². The van der Waals surface area contributed by atoms with Crippen LogP contribution >= 0.6 is 0 Å². The van der Waals surface area contributed by atoms with Gasteiger partial charge in [0.2, 0.25) is 5.91 Å². The number of aryl methyl sites for hydroxylation is 2. The summed E-state index contributed by atoms with van der Waals surface area (Å²) in [6, 6.07) is 0.372. The monoisotopic (exact) mass is 414 g/mol. The minimum atomic E-state index is 0.187. The van der Waals surface area contributed by atoms with E-state index in [9.17, 15) is 4.79 Å². The van der Waals surface area contributed by atoms with Crippen LogP contribution < -0.4 is 5.32 Å². The summed E-state index contributed by atoms with van der Waals surface area (Å²) in [5.74, 6) is 1.81. The quantitative estimate of drug-likeness (QED) is 0.750. The van der Waals surface area contributed by atoms with Gasteiger partial charge in [-0.05, 0) is 76.5 Å². The Morgan fingerprint density at radius 2 is 1.93 bits per heavy atom. The zero-order valence-corrected chi connectivity index (χ0v) is 18.9. The van der Waals surface area contributed by atoms with Crippen molar-refractivity contribution in [3.63, 3.8) is 0 Å². The van der Waals surface area contributed by atoms with E-state index in [4.69, 9.17) is 4.74 Å². The lowest BCUT2D eigenvalue weighted by molar-refractivity contribution is -0.131. The van der Waals surface area contributed by atoms with Crippen LogP contribution in [0.25, 0.3) is 0 Å². The van der Waals surface area contributed by atoms with Crippen LogP contribution in [0.5, 0.6) is 0 Å². The van der Waals surface area contributed by atoms with Gasteiger partial charge in [0.15, 0.2) is 0 Å². The molecule has 5 fully saturated rings. The Morgan fingerprint density at radius 3 is 2.57 bits per heavy atom. The molecular weight excluding hydrogens is 376 g/mol. The molecule has 6 nitrogen and oxygen atoms in total. The molecule has 0 spiro atoms. The molecule has 30 heavy (non-hydrogen) atoms. The normalized spacial score (nSPS) is 36.8. The van der Waals surface area contributed by atoms with Crippen molar-refractivity contribution in [1.29, 1.82) is 0 Å². The minimum Gasteiger partial charge on any atom is -0.379 e. The van der Waals surface area contributed by atoms with Gasteiger partial charge in [0.1, 0.15) is 0 Å². The second-order valence-electron chi connectivity index (χ2n) is 11.0. The standard InChI is InChI=1S/C24H38N4O2/c1-16(28-4-6-30-7-5-28)14-25-21(29)13-23-9-19-8-20(10-23)12-24(11-19,15-23)22-17(2)26-27-18(22)3/h16,19-20H,4-15H2,1-3H3,(H,25,29)(H,26,27)/t16-,19-,20-,23?,24?/m0/s1. The van der Waals surface area contributed by atoms with E-state index in [1.807, 2.05) is 0 Å². The predicted molar refractivity (Wildman–Crippen MR) is 116 cm³/mol. The summed E-state index contributed by atoms with van der Waals surface area (Å²) in [7, 11) is 0. The average molecular weight is 415 g/mol. The van der Waals surface area contributed by atoms with Crippen LogP contribution in [0, 0.1) is 31.1 Å². The highest BCUT2D eigenvalue weighted by molar-refractivity contribution is 5.77. The van der Waals surface area contributed by atoms with Gasteiger partial charge in [-0.2, -0.15) is 5.10 Å². The van der Waals surface area contributed by atoms with E-state index in [-0.39, 0.29) is 16.7 Å². The van der Waals surface area contributed by atoms with E-state index >= 15 is 0 Å². The first-order valence-corrected chi connectivity index (χ1v) is 12.0. The highest BCUT2D eigenvalue weighted by Crippen LogP contribution is 2.67. The van der Waals surface area contributed by atoms with Crippen LogP contribution in [0.2, 0.25) is 0 Å². The maximum absolute atomic E-state index is 13.1. The fourth-order valence-corrected chi connectivity index (χ4v) is 8.10. The van der Waals surface area contributed by atoms with Crippen molar-refractivity contribution in [2.24, 2.45) is 17.3 Å². The first-order valence-electron chi connectivity index (χ1n) is 12.0. The second-order valence-corrected chi connectivity index (χ2v) is 11.0. The second kappa shape index (κ2) is 7.63. The molecule has 1 saturated heterocycles. The number of carbonyl (C=O) groups is 1. The van der Waals surface area contributed by atoms with Gasteiger partial charge >= 0.3 is 0 Å². The molecular formula is C24H38N4O2. The van der Waals surface area contributed by atoms with Crippen molar-refractivity contribution in [3.05, 3.63) is 17.0 Å². The summed E-state index contributed by atoms with van der Waals surface area (Å²) in [6.45, 7) is 10.8. The molecule has 166 valence electrons. The minimum absolute atomic E-state index is 0.187. The molecule has 1 aromatic heterocycles. The third-order valence-corrected chi connectivity index (χ3v) is 8.64. The molecule has 4 aliphatic carbocycles. The fraction of sp³-hybridized carbons (Fsp3) is 0.833. The molecule has 1 amide bonds. The molecule has 0 aromatic carbocycles. The van der Waals surface area contributed by atoms with Crippen molar-refractivity contribution in [3.8, 4) is 0 Å². The smallest absolute Gasteiger partial charge is 0.220 e. The topological polar surface area (TPSA) is 70.2 Å². The first-order chi connectivity index (χ1) is 14.4. The molecule has 4 bridgehead atoms. The summed E-state index contributed by atoms with van der Waals surface area (Å²) in [5.41, 5.74) is 4.32. The van der Waals surface area contributed by atoms with Crippen LogP contribution in [0.4, 0.5) is 0 Å². The van der Waals surface area contributed by atoms with Crippen LogP contribution in [-0.4, -0.2) is 59.9 Å². The van der Waals surface area contributed by atoms with Crippen molar-refractivity contribution in [2.45, 2.75) is 77.2 Å². The average Bonchev–Trinajstić information content (AvgIpc) is 3.04. The predicted octanol–water partition coefficient (Wildman–Crippen LogP) is 3.09. The molecule has 6 rings (SSSR count). The molecule has 0 radical (unpaired) electrons. The largest absolute Gasteiger partial charge is 0.379 e. The number of amides is 1. The lowest BCUT2D eigenvalue weighted by atomic mass is 9.42. The highest BCUT2D eigenvalue weighted by atomic mass is 16.5. The Hall–Kier alpha value is -1.40. The van der Waals surface area contributed by atoms with Gasteiger partial charge < -0.3 is 10.1 Å². The Balaban J connectivity index is 1.27. The first kappa shape index (κ1) is 20.5.